The second-order valence-electron chi connectivity index (χ2n) is 4.90. The Bertz CT molecular complexity index is 295. The Labute approximate surface area is 88.4 Å². The quantitative estimate of drug-likeness (QED) is 0.666. The van der Waals surface area contributed by atoms with E-state index in [-0.39, 0.29) is 0 Å². The molecule has 0 heteroatoms. The fourth-order valence-corrected chi connectivity index (χ4v) is 1.95. The summed E-state index contributed by atoms with van der Waals surface area (Å²) in [5.74, 6) is 1.39. The molecule has 78 valence electrons. The molecule has 0 fully saturated rings. The molecule has 0 N–H and O–H groups in total. The number of benzene rings is 1. The third-order valence-electron chi connectivity index (χ3n) is 2.68. The summed E-state index contributed by atoms with van der Waals surface area (Å²) in [7, 11) is 0. The minimum Gasteiger partial charge on any atom is -0.0625 e. The van der Waals surface area contributed by atoms with Crippen LogP contribution in [0.1, 0.15) is 50.3 Å². The van der Waals surface area contributed by atoms with Crippen molar-refractivity contribution < 1.29 is 0 Å². The average Bonchev–Trinajstić information content (AvgIpc) is 2.07. The van der Waals surface area contributed by atoms with Crippen molar-refractivity contribution in [3.05, 3.63) is 34.9 Å². The van der Waals surface area contributed by atoms with Crippen molar-refractivity contribution in [1.29, 1.82) is 0 Å². The maximum Gasteiger partial charge on any atom is -0.0216 e. The molecule has 0 aliphatic heterocycles. The second-order valence-corrected chi connectivity index (χ2v) is 4.90. The second kappa shape index (κ2) is 4.63. The predicted octanol–water partition coefficient (Wildman–Crippen LogP) is 4.32. The Morgan fingerprint density at radius 1 is 1.07 bits per heavy atom. The number of aryl methyl sites for hydroxylation is 1. The first kappa shape index (κ1) is 11.3. The molecule has 1 rings (SSSR count). The topological polar surface area (TPSA) is 0 Å². The van der Waals surface area contributed by atoms with Crippen LogP contribution in [0, 0.1) is 12.8 Å². The highest BCUT2D eigenvalue weighted by molar-refractivity contribution is 5.36. The molecule has 1 aromatic carbocycles. The van der Waals surface area contributed by atoms with Gasteiger partial charge in [0, 0.05) is 0 Å². The van der Waals surface area contributed by atoms with E-state index in [9.17, 15) is 0 Å². The summed E-state index contributed by atoms with van der Waals surface area (Å²) in [5, 5.41) is 0. The van der Waals surface area contributed by atoms with Crippen LogP contribution >= 0.6 is 0 Å². The molecule has 0 bridgehead atoms. The summed E-state index contributed by atoms with van der Waals surface area (Å²) in [4.78, 5) is 0. The Hall–Kier alpha value is -0.780. The van der Waals surface area contributed by atoms with E-state index in [0.29, 0.717) is 5.92 Å². The monoisotopic (exact) mass is 190 g/mol. The molecule has 0 aromatic heterocycles. The zero-order valence-corrected chi connectivity index (χ0v) is 10.1. The Morgan fingerprint density at radius 2 is 1.71 bits per heavy atom. The zero-order chi connectivity index (χ0) is 10.7. The van der Waals surface area contributed by atoms with Crippen LogP contribution in [0.4, 0.5) is 0 Å². The molecule has 0 heterocycles. The van der Waals surface area contributed by atoms with Crippen LogP contribution in [-0.4, -0.2) is 0 Å². The first-order valence-electron chi connectivity index (χ1n) is 5.60. The van der Waals surface area contributed by atoms with Crippen molar-refractivity contribution in [2.75, 3.05) is 0 Å². The SMILES string of the molecule is Cc1cccc(C(C)C)c1CC(C)C. The van der Waals surface area contributed by atoms with E-state index in [1.165, 1.54) is 17.5 Å². The van der Waals surface area contributed by atoms with Crippen LogP contribution in [0.5, 0.6) is 0 Å². The normalized spacial score (nSPS) is 11.4. The van der Waals surface area contributed by atoms with Gasteiger partial charge in [-0.15, -0.1) is 0 Å². The van der Waals surface area contributed by atoms with E-state index >= 15 is 0 Å². The lowest BCUT2D eigenvalue weighted by Gasteiger charge is -2.17. The molecule has 0 nitrogen and oxygen atoms in total. The summed E-state index contributed by atoms with van der Waals surface area (Å²) < 4.78 is 0. The van der Waals surface area contributed by atoms with E-state index in [0.717, 1.165) is 5.92 Å². The molecular formula is C14H22. The Morgan fingerprint density at radius 3 is 2.21 bits per heavy atom. The van der Waals surface area contributed by atoms with Crippen LogP contribution < -0.4 is 0 Å². The fourth-order valence-electron chi connectivity index (χ4n) is 1.95. The Balaban J connectivity index is 3.09. The van der Waals surface area contributed by atoms with Gasteiger partial charge in [-0.25, -0.2) is 0 Å². The van der Waals surface area contributed by atoms with Crippen LogP contribution in [-0.2, 0) is 6.42 Å². The van der Waals surface area contributed by atoms with E-state index in [4.69, 9.17) is 0 Å². The maximum atomic E-state index is 2.29. The standard InChI is InChI=1S/C14H22/c1-10(2)9-14-12(5)7-6-8-13(14)11(3)4/h6-8,10-11H,9H2,1-5H3. The molecule has 1 aromatic rings. The zero-order valence-electron chi connectivity index (χ0n) is 10.1. The summed E-state index contributed by atoms with van der Waals surface area (Å²) in [6, 6.07) is 6.67. The number of rotatable bonds is 3. The molecule has 0 radical (unpaired) electrons. The molecular weight excluding hydrogens is 168 g/mol. The number of hydrogen-bond acceptors (Lipinski definition) is 0. The van der Waals surface area contributed by atoms with Gasteiger partial charge in [0.15, 0.2) is 0 Å². The van der Waals surface area contributed by atoms with E-state index in [1.807, 2.05) is 0 Å². The molecule has 0 atom stereocenters. The van der Waals surface area contributed by atoms with Crippen LogP contribution in [0.3, 0.4) is 0 Å². The van der Waals surface area contributed by atoms with Gasteiger partial charge in [-0.3, -0.25) is 0 Å². The Kier molecular flexibility index (Phi) is 3.74. The van der Waals surface area contributed by atoms with Crippen molar-refractivity contribution in [2.24, 2.45) is 5.92 Å². The van der Waals surface area contributed by atoms with Gasteiger partial charge in [0.25, 0.3) is 0 Å². The summed E-state index contributed by atoms with van der Waals surface area (Å²) in [6.45, 7) is 11.4. The number of hydrogen-bond donors (Lipinski definition) is 0. The van der Waals surface area contributed by atoms with Crippen molar-refractivity contribution in [2.45, 2.75) is 47.0 Å². The van der Waals surface area contributed by atoms with Crippen molar-refractivity contribution in [3.63, 3.8) is 0 Å². The summed E-state index contributed by atoms with van der Waals surface area (Å²) >= 11 is 0. The van der Waals surface area contributed by atoms with Gasteiger partial charge in [0.05, 0.1) is 0 Å². The summed E-state index contributed by atoms with van der Waals surface area (Å²) in [6.07, 6.45) is 1.21. The average molecular weight is 190 g/mol. The van der Waals surface area contributed by atoms with Gasteiger partial charge >= 0.3 is 0 Å². The van der Waals surface area contributed by atoms with Gasteiger partial charge in [-0.05, 0) is 41.9 Å². The summed E-state index contributed by atoms with van der Waals surface area (Å²) in [5.41, 5.74) is 4.54. The smallest absolute Gasteiger partial charge is 0.0216 e. The van der Waals surface area contributed by atoms with Crippen molar-refractivity contribution in [3.8, 4) is 0 Å². The minimum atomic E-state index is 0.642. The molecule has 14 heavy (non-hydrogen) atoms. The third-order valence-corrected chi connectivity index (χ3v) is 2.68. The first-order chi connectivity index (χ1) is 6.52. The van der Waals surface area contributed by atoms with Gasteiger partial charge in [0.1, 0.15) is 0 Å². The highest BCUT2D eigenvalue weighted by Crippen LogP contribution is 2.24. The lowest BCUT2D eigenvalue weighted by Crippen LogP contribution is -2.03. The lowest BCUT2D eigenvalue weighted by atomic mass is 9.89. The first-order valence-corrected chi connectivity index (χ1v) is 5.60. The third kappa shape index (κ3) is 2.60. The van der Waals surface area contributed by atoms with Crippen LogP contribution in [0.15, 0.2) is 18.2 Å². The molecule has 0 saturated carbocycles. The largest absolute Gasteiger partial charge is 0.0625 e. The van der Waals surface area contributed by atoms with Gasteiger partial charge in [-0.2, -0.15) is 0 Å². The van der Waals surface area contributed by atoms with Gasteiger partial charge < -0.3 is 0 Å². The van der Waals surface area contributed by atoms with E-state index < -0.39 is 0 Å². The lowest BCUT2D eigenvalue weighted by molar-refractivity contribution is 0.636. The van der Waals surface area contributed by atoms with Gasteiger partial charge in [0.2, 0.25) is 0 Å². The molecule has 0 saturated heterocycles. The van der Waals surface area contributed by atoms with E-state index in [2.05, 4.69) is 52.8 Å². The van der Waals surface area contributed by atoms with Crippen LogP contribution in [0.2, 0.25) is 0 Å². The van der Waals surface area contributed by atoms with E-state index in [1.54, 1.807) is 5.56 Å². The van der Waals surface area contributed by atoms with Crippen LogP contribution in [0.25, 0.3) is 0 Å². The predicted molar refractivity (Wildman–Crippen MR) is 63.8 cm³/mol. The maximum absolute atomic E-state index is 2.29. The highest BCUT2D eigenvalue weighted by atomic mass is 14.1. The van der Waals surface area contributed by atoms with Gasteiger partial charge in [-0.1, -0.05) is 45.9 Å². The molecule has 0 spiro atoms. The molecule has 0 unspecified atom stereocenters. The molecule has 0 aliphatic carbocycles. The minimum absolute atomic E-state index is 0.642. The fraction of sp³-hybridized carbons (Fsp3) is 0.571. The molecule has 0 aliphatic rings. The molecule has 0 amide bonds. The highest BCUT2D eigenvalue weighted by Gasteiger charge is 2.09. The van der Waals surface area contributed by atoms with Crippen molar-refractivity contribution >= 4 is 0 Å². The van der Waals surface area contributed by atoms with Crippen molar-refractivity contribution in [1.82, 2.24) is 0 Å².